The van der Waals surface area contributed by atoms with E-state index in [2.05, 4.69) is 96.9 Å². The van der Waals surface area contributed by atoms with Gasteiger partial charge in [0.1, 0.15) is 22.7 Å². The maximum absolute atomic E-state index is 11.9. The average Bonchev–Trinajstić information content (AvgIpc) is 4.08. The number of rotatable bonds is 18. The van der Waals surface area contributed by atoms with Gasteiger partial charge in [-0.15, -0.1) is 0 Å². The molecule has 2 saturated heterocycles. The second-order valence-corrected chi connectivity index (χ2v) is 21.3. The highest BCUT2D eigenvalue weighted by atomic mass is 16.5. The highest BCUT2D eigenvalue weighted by molar-refractivity contribution is 5.74. The summed E-state index contributed by atoms with van der Waals surface area (Å²) in [4.78, 5) is 28.7. The van der Waals surface area contributed by atoms with E-state index in [1.54, 1.807) is 0 Å². The Morgan fingerprint density at radius 3 is 1.27 bits per heavy atom. The van der Waals surface area contributed by atoms with E-state index in [4.69, 9.17) is 9.47 Å². The van der Waals surface area contributed by atoms with E-state index in [0.29, 0.717) is 25.9 Å². The first-order valence-corrected chi connectivity index (χ1v) is 26.2. The molecule has 0 aliphatic carbocycles. The summed E-state index contributed by atoms with van der Waals surface area (Å²) in [6.45, 7) is 21.0. The third kappa shape index (κ3) is 14.0. The fourth-order valence-corrected chi connectivity index (χ4v) is 10.8. The lowest BCUT2D eigenvalue weighted by atomic mass is 9.87. The van der Waals surface area contributed by atoms with E-state index in [-0.39, 0.29) is 47.2 Å². The van der Waals surface area contributed by atoms with Crippen molar-refractivity contribution in [1.29, 1.82) is 0 Å². The number of benzene rings is 4. The van der Waals surface area contributed by atoms with Crippen molar-refractivity contribution in [3.8, 4) is 11.5 Å². The Bertz CT molecular complexity index is 2170. The van der Waals surface area contributed by atoms with E-state index >= 15 is 0 Å². The summed E-state index contributed by atoms with van der Waals surface area (Å²) in [5.74, 6) is 1.70. The summed E-state index contributed by atoms with van der Waals surface area (Å²) in [7, 11) is 0. The van der Waals surface area contributed by atoms with Gasteiger partial charge in [-0.05, 0) is 113 Å². The number of carbonyl (C=O) groups excluding carboxylic acids is 2. The van der Waals surface area contributed by atoms with Gasteiger partial charge in [0.05, 0.1) is 35.7 Å². The topological polar surface area (TPSA) is 148 Å². The van der Waals surface area contributed by atoms with Crippen molar-refractivity contribution in [3.05, 3.63) is 118 Å². The molecular weight excluding hydrogens is 877 g/mol. The molecule has 6 N–H and O–H groups in total. The number of aliphatic hydroxyl groups is 2. The fraction of sp³-hybridized carbons (Fsp3) is 0.552. The van der Waals surface area contributed by atoms with E-state index in [1.807, 2.05) is 60.7 Å². The number of hydrogen-bond donors (Lipinski definition) is 6. The minimum absolute atomic E-state index is 0.0611. The quantitative estimate of drug-likeness (QED) is 0.0576. The van der Waals surface area contributed by atoms with Crippen molar-refractivity contribution in [2.24, 2.45) is 0 Å². The van der Waals surface area contributed by atoms with Crippen molar-refractivity contribution < 1.29 is 29.3 Å². The molecule has 6 atom stereocenters. The molecule has 2 fully saturated rings. The summed E-state index contributed by atoms with van der Waals surface area (Å²) < 4.78 is 13.2. The summed E-state index contributed by atoms with van der Waals surface area (Å²) in [6.07, 6.45) is 8.14. The van der Waals surface area contributed by atoms with Crippen LogP contribution in [-0.2, 0) is 35.3 Å². The predicted octanol–water partition coefficient (Wildman–Crippen LogP) is 8.30. The normalized spacial score (nSPS) is 20.6. The van der Waals surface area contributed by atoms with Crippen LogP contribution in [0.4, 0.5) is 11.4 Å². The molecule has 2 amide bonds. The van der Waals surface area contributed by atoms with Crippen LogP contribution in [0.3, 0.4) is 0 Å². The Labute approximate surface area is 418 Å². The standard InChI is InChI=1S/2C29H41N3O3/c2*1-5-21-15-23-25(18-29(3,4)35-28(23)26(17-21)32-13-9-10-14-32)30-19-27(34)24(31-20(2)33)16-22-11-7-6-8-12-22/h2*6-8,11-12,15,17,24-25,27,30,34H,5,9-10,13-14,16,18-19H2,1-4H3,(H,31,33)/t24-,25+,27+;24-,25-,27+/m00/s1. The maximum Gasteiger partial charge on any atom is 0.217 e. The van der Waals surface area contributed by atoms with Gasteiger partial charge in [0.2, 0.25) is 11.8 Å². The van der Waals surface area contributed by atoms with Gasteiger partial charge < -0.3 is 50.8 Å². The molecule has 380 valence electrons. The molecule has 0 spiro atoms. The Balaban J connectivity index is 0.000000206. The highest BCUT2D eigenvalue weighted by Crippen LogP contribution is 2.48. The lowest BCUT2D eigenvalue weighted by molar-refractivity contribution is -0.121. The number of anilines is 2. The zero-order chi connectivity index (χ0) is 50.0. The molecule has 0 unspecified atom stereocenters. The number of aryl methyl sites for hydroxylation is 2. The first-order valence-electron chi connectivity index (χ1n) is 26.2. The van der Waals surface area contributed by atoms with Crippen LogP contribution in [0.15, 0.2) is 84.9 Å². The van der Waals surface area contributed by atoms with Gasteiger partial charge in [0.15, 0.2) is 0 Å². The largest absolute Gasteiger partial charge is 0.485 e. The molecule has 4 aromatic rings. The second-order valence-electron chi connectivity index (χ2n) is 21.3. The first-order chi connectivity index (χ1) is 33.5. The van der Waals surface area contributed by atoms with E-state index < -0.39 is 12.2 Å². The number of nitrogens with zero attached hydrogens (tertiary/aromatic N) is 2. The lowest BCUT2D eigenvalue weighted by Crippen LogP contribution is -2.49. The van der Waals surface area contributed by atoms with Crippen LogP contribution in [0.5, 0.6) is 11.5 Å². The highest BCUT2D eigenvalue weighted by Gasteiger charge is 2.39. The van der Waals surface area contributed by atoms with Crippen LogP contribution in [0, 0.1) is 0 Å². The van der Waals surface area contributed by atoms with E-state index in [1.165, 1.54) is 73.2 Å². The molecule has 12 nitrogen and oxygen atoms in total. The van der Waals surface area contributed by atoms with Crippen molar-refractivity contribution in [3.63, 3.8) is 0 Å². The monoisotopic (exact) mass is 959 g/mol. The van der Waals surface area contributed by atoms with Crippen molar-refractivity contribution in [2.75, 3.05) is 49.1 Å². The van der Waals surface area contributed by atoms with Gasteiger partial charge in [0, 0.05) is 89.2 Å². The zero-order valence-corrected chi connectivity index (χ0v) is 43.3. The number of carbonyl (C=O) groups is 2. The van der Waals surface area contributed by atoms with E-state index in [0.717, 1.165) is 74.5 Å². The number of fused-ring (bicyclic) bond motifs is 2. The molecule has 0 aromatic heterocycles. The van der Waals surface area contributed by atoms with Crippen LogP contribution in [0.25, 0.3) is 0 Å². The molecule has 4 aliphatic rings. The number of nitrogens with one attached hydrogen (secondary N) is 4. The third-order valence-corrected chi connectivity index (χ3v) is 14.4. The number of amides is 2. The molecule has 70 heavy (non-hydrogen) atoms. The molecule has 4 aromatic carbocycles. The third-order valence-electron chi connectivity index (χ3n) is 14.4. The lowest BCUT2D eigenvalue weighted by Gasteiger charge is -2.41. The number of hydrogen-bond acceptors (Lipinski definition) is 10. The van der Waals surface area contributed by atoms with Gasteiger partial charge in [-0.25, -0.2) is 0 Å². The summed E-state index contributed by atoms with van der Waals surface area (Å²) in [5, 5.41) is 35.5. The van der Waals surface area contributed by atoms with Crippen LogP contribution in [0.2, 0.25) is 0 Å². The smallest absolute Gasteiger partial charge is 0.217 e. The molecule has 0 radical (unpaired) electrons. The van der Waals surface area contributed by atoms with Crippen LogP contribution in [0.1, 0.15) is 139 Å². The van der Waals surface area contributed by atoms with Gasteiger partial charge in [-0.2, -0.15) is 0 Å². The van der Waals surface area contributed by atoms with Gasteiger partial charge in [-0.3, -0.25) is 9.59 Å². The average molecular weight is 959 g/mol. The Morgan fingerprint density at radius 2 is 0.943 bits per heavy atom. The predicted molar refractivity (Wildman–Crippen MR) is 282 cm³/mol. The summed E-state index contributed by atoms with van der Waals surface area (Å²) in [5.41, 5.74) is 8.92. The number of aliphatic hydroxyl groups excluding tert-OH is 2. The molecule has 0 saturated carbocycles. The van der Waals surface area contributed by atoms with Gasteiger partial charge in [0.25, 0.3) is 0 Å². The Morgan fingerprint density at radius 1 is 0.586 bits per heavy atom. The minimum Gasteiger partial charge on any atom is -0.485 e. The SMILES string of the molecule is CCc1cc2c(c(N3CCCC3)c1)OC(C)(C)C[C@@H]2NC[C@@H](O)[C@H](Cc1ccccc1)NC(C)=O.CCc1cc2c(c(N3CCCC3)c1)OC(C)(C)C[C@H]2NC[C@@H](O)[C@H](Cc1ccccc1)NC(C)=O. The van der Waals surface area contributed by atoms with Crippen molar-refractivity contribution >= 4 is 23.2 Å². The Hall–Kier alpha value is -5.14. The minimum atomic E-state index is -0.721. The molecular formula is C58H82N6O6. The summed E-state index contributed by atoms with van der Waals surface area (Å²) in [6, 6.07) is 28.5. The maximum atomic E-state index is 11.9. The van der Waals surface area contributed by atoms with Crippen molar-refractivity contribution in [1.82, 2.24) is 21.3 Å². The first kappa shape index (κ1) is 52.7. The zero-order valence-electron chi connectivity index (χ0n) is 43.3. The van der Waals surface area contributed by atoms with Crippen LogP contribution >= 0.6 is 0 Å². The molecule has 4 aliphatic heterocycles. The van der Waals surface area contributed by atoms with Gasteiger partial charge >= 0.3 is 0 Å². The van der Waals surface area contributed by atoms with Gasteiger partial charge in [-0.1, -0.05) is 86.6 Å². The fourth-order valence-electron chi connectivity index (χ4n) is 10.8. The van der Waals surface area contributed by atoms with Crippen LogP contribution < -0.4 is 40.5 Å². The van der Waals surface area contributed by atoms with Crippen LogP contribution in [-0.4, -0.2) is 96.8 Å². The summed E-state index contributed by atoms with van der Waals surface area (Å²) >= 11 is 0. The molecule has 8 rings (SSSR count). The molecule has 4 heterocycles. The van der Waals surface area contributed by atoms with Crippen molar-refractivity contribution in [2.45, 2.75) is 167 Å². The second kappa shape index (κ2) is 23.8. The molecule has 12 heteroatoms. The molecule has 0 bridgehead atoms. The number of ether oxygens (including phenoxy) is 2. The Kier molecular flexibility index (Phi) is 17.9. The van der Waals surface area contributed by atoms with E-state index in [9.17, 15) is 19.8 Å².